The molecule has 0 bridgehead atoms. The van der Waals surface area contributed by atoms with Gasteiger partial charge in [0.15, 0.2) is 0 Å². The topological polar surface area (TPSA) is 99.6 Å². The first kappa shape index (κ1) is 19.6. The van der Waals surface area contributed by atoms with Crippen LogP contribution in [-0.4, -0.2) is 41.1 Å². The van der Waals surface area contributed by atoms with Crippen LogP contribution in [0.1, 0.15) is 51.1 Å². The minimum absolute atomic E-state index is 0.00255. The van der Waals surface area contributed by atoms with Crippen molar-refractivity contribution in [2.75, 3.05) is 0 Å². The number of carbonyl (C=O) groups excluding carboxylic acids is 1. The number of hydrogen-bond acceptors (Lipinski definition) is 6. The molecule has 1 unspecified atom stereocenters. The van der Waals surface area contributed by atoms with Gasteiger partial charge in [-0.1, -0.05) is 0 Å². The smallest absolute Gasteiger partial charge is 0.346 e. The maximum Gasteiger partial charge on any atom is 0.346 e. The van der Waals surface area contributed by atoms with E-state index in [-0.39, 0.29) is 17.6 Å². The van der Waals surface area contributed by atoms with Crippen molar-refractivity contribution < 1.29 is 4.79 Å². The molecule has 0 saturated carbocycles. The van der Waals surface area contributed by atoms with Crippen molar-refractivity contribution in [3.8, 4) is 0 Å². The van der Waals surface area contributed by atoms with E-state index in [0.29, 0.717) is 31.5 Å². The summed E-state index contributed by atoms with van der Waals surface area (Å²) in [6.07, 6.45) is 2.09. The second-order valence-electron chi connectivity index (χ2n) is 7.53. The first-order valence-corrected chi connectivity index (χ1v) is 10.6. The van der Waals surface area contributed by atoms with E-state index >= 15 is 0 Å². The minimum Gasteiger partial charge on any atom is -0.349 e. The number of aryl methyl sites for hydroxylation is 4. The van der Waals surface area contributed by atoms with Crippen molar-refractivity contribution in [1.82, 2.24) is 34.4 Å². The molecule has 0 aromatic carbocycles. The standard InChI is InChI=1S/C19H25N7O2S/c1-11-17(12(2)24(4)22-11)18(27)21-14-5-6-16-23-26(19(28)25(16)8-7-14)9-15-10-29-13(3)20-15/h10,14H,5-9H2,1-4H3,(H,21,27). The Bertz CT molecular complexity index is 1120. The zero-order chi connectivity index (χ0) is 20.7. The first-order valence-electron chi connectivity index (χ1n) is 9.72. The maximum absolute atomic E-state index is 12.8. The second-order valence-corrected chi connectivity index (χ2v) is 8.60. The Hall–Kier alpha value is -2.75. The van der Waals surface area contributed by atoms with Crippen LogP contribution in [0, 0.1) is 20.8 Å². The van der Waals surface area contributed by atoms with E-state index in [9.17, 15) is 9.59 Å². The average molecular weight is 416 g/mol. The molecular formula is C19H25N7O2S. The molecule has 1 amide bonds. The fraction of sp³-hybridized carbons (Fsp3) is 0.526. The average Bonchev–Trinajstić information content (AvgIpc) is 3.22. The fourth-order valence-corrected chi connectivity index (χ4v) is 4.47. The number of fused-ring (bicyclic) bond motifs is 1. The molecule has 0 aliphatic carbocycles. The van der Waals surface area contributed by atoms with Gasteiger partial charge in [-0.25, -0.2) is 14.5 Å². The summed E-state index contributed by atoms with van der Waals surface area (Å²) in [7, 11) is 1.83. The molecule has 154 valence electrons. The molecule has 0 spiro atoms. The lowest BCUT2D eigenvalue weighted by Crippen LogP contribution is -2.36. The van der Waals surface area contributed by atoms with Gasteiger partial charge in [-0.05, 0) is 33.6 Å². The summed E-state index contributed by atoms with van der Waals surface area (Å²) in [5.41, 5.74) is 2.95. The largest absolute Gasteiger partial charge is 0.349 e. The summed E-state index contributed by atoms with van der Waals surface area (Å²) in [5.74, 6) is 0.668. The molecule has 1 aliphatic rings. The van der Waals surface area contributed by atoms with Gasteiger partial charge >= 0.3 is 5.69 Å². The molecule has 1 aliphatic heterocycles. The summed E-state index contributed by atoms with van der Waals surface area (Å²) < 4.78 is 4.94. The number of aromatic nitrogens is 6. The quantitative estimate of drug-likeness (QED) is 0.693. The van der Waals surface area contributed by atoms with Crippen molar-refractivity contribution >= 4 is 17.2 Å². The van der Waals surface area contributed by atoms with Crippen LogP contribution < -0.4 is 11.0 Å². The van der Waals surface area contributed by atoms with Gasteiger partial charge in [0.2, 0.25) is 0 Å². The summed E-state index contributed by atoms with van der Waals surface area (Å²) in [5, 5.41) is 14.9. The molecule has 1 N–H and O–H groups in total. The van der Waals surface area contributed by atoms with Gasteiger partial charge in [0, 0.05) is 37.1 Å². The zero-order valence-corrected chi connectivity index (χ0v) is 17.9. The highest BCUT2D eigenvalue weighted by atomic mass is 32.1. The lowest BCUT2D eigenvalue weighted by atomic mass is 10.1. The second kappa shape index (κ2) is 7.58. The number of hydrogen-bond donors (Lipinski definition) is 1. The predicted molar refractivity (Wildman–Crippen MR) is 109 cm³/mol. The van der Waals surface area contributed by atoms with Gasteiger partial charge in [0.25, 0.3) is 5.91 Å². The molecule has 29 heavy (non-hydrogen) atoms. The Labute approximate surface area is 172 Å². The Balaban J connectivity index is 1.45. The van der Waals surface area contributed by atoms with Gasteiger partial charge in [-0.2, -0.15) is 10.2 Å². The molecule has 3 aromatic heterocycles. The van der Waals surface area contributed by atoms with E-state index in [2.05, 4.69) is 20.5 Å². The molecule has 4 rings (SSSR count). The number of rotatable bonds is 4. The third-order valence-corrected chi connectivity index (χ3v) is 6.29. The molecule has 4 heterocycles. The maximum atomic E-state index is 12.8. The Kier molecular flexibility index (Phi) is 5.12. The van der Waals surface area contributed by atoms with Crippen molar-refractivity contribution in [1.29, 1.82) is 0 Å². The number of thiazole rings is 1. The zero-order valence-electron chi connectivity index (χ0n) is 17.1. The summed E-state index contributed by atoms with van der Waals surface area (Å²) in [6.45, 7) is 6.62. The van der Waals surface area contributed by atoms with Gasteiger partial charge in [-0.15, -0.1) is 11.3 Å². The number of nitrogens with one attached hydrogen (secondary N) is 1. The minimum atomic E-state index is -0.114. The van der Waals surface area contributed by atoms with Crippen LogP contribution in [0.3, 0.4) is 0 Å². The molecule has 9 nitrogen and oxygen atoms in total. The molecule has 3 aromatic rings. The van der Waals surface area contributed by atoms with Crippen LogP contribution in [0.2, 0.25) is 0 Å². The van der Waals surface area contributed by atoms with E-state index in [1.165, 1.54) is 4.68 Å². The fourth-order valence-electron chi connectivity index (χ4n) is 3.87. The van der Waals surface area contributed by atoms with E-state index in [1.807, 2.05) is 33.2 Å². The van der Waals surface area contributed by atoms with Crippen molar-refractivity contribution in [2.24, 2.45) is 7.05 Å². The lowest BCUT2D eigenvalue weighted by Gasteiger charge is -2.16. The van der Waals surface area contributed by atoms with Crippen molar-refractivity contribution in [3.63, 3.8) is 0 Å². The van der Waals surface area contributed by atoms with Gasteiger partial charge < -0.3 is 5.32 Å². The van der Waals surface area contributed by atoms with E-state index in [1.54, 1.807) is 20.6 Å². The number of carbonyl (C=O) groups is 1. The molecule has 10 heteroatoms. The molecule has 1 atom stereocenters. The Morgan fingerprint density at radius 1 is 1.28 bits per heavy atom. The van der Waals surface area contributed by atoms with Gasteiger partial charge in [-0.3, -0.25) is 14.0 Å². The van der Waals surface area contributed by atoms with Crippen LogP contribution in [0.4, 0.5) is 0 Å². The van der Waals surface area contributed by atoms with Gasteiger partial charge in [0.1, 0.15) is 5.82 Å². The monoisotopic (exact) mass is 415 g/mol. The van der Waals surface area contributed by atoms with Crippen molar-refractivity contribution in [2.45, 2.75) is 59.2 Å². The van der Waals surface area contributed by atoms with E-state index in [4.69, 9.17) is 0 Å². The first-order chi connectivity index (χ1) is 13.8. The molecule has 0 radical (unpaired) electrons. The molecule has 0 fully saturated rings. The predicted octanol–water partition coefficient (Wildman–Crippen LogP) is 1.34. The number of amides is 1. The van der Waals surface area contributed by atoms with E-state index < -0.39 is 0 Å². The Morgan fingerprint density at radius 2 is 2.07 bits per heavy atom. The van der Waals surface area contributed by atoms with Crippen LogP contribution in [0.5, 0.6) is 0 Å². The lowest BCUT2D eigenvalue weighted by molar-refractivity contribution is 0.0931. The molecular weight excluding hydrogens is 390 g/mol. The van der Waals surface area contributed by atoms with Crippen LogP contribution >= 0.6 is 11.3 Å². The summed E-state index contributed by atoms with van der Waals surface area (Å²) >= 11 is 1.57. The Morgan fingerprint density at radius 3 is 2.72 bits per heavy atom. The summed E-state index contributed by atoms with van der Waals surface area (Å²) in [6, 6.07) is -0.00255. The van der Waals surface area contributed by atoms with Crippen molar-refractivity contribution in [3.05, 3.63) is 49.3 Å². The third kappa shape index (κ3) is 3.76. The number of nitrogens with zero attached hydrogens (tertiary/aromatic N) is 6. The third-order valence-electron chi connectivity index (χ3n) is 5.47. The normalized spacial score (nSPS) is 16.5. The highest BCUT2D eigenvalue weighted by Gasteiger charge is 2.24. The highest BCUT2D eigenvalue weighted by Crippen LogP contribution is 2.16. The van der Waals surface area contributed by atoms with Gasteiger partial charge in [0.05, 0.1) is 28.5 Å². The van der Waals surface area contributed by atoms with Crippen LogP contribution in [-0.2, 0) is 26.6 Å². The summed E-state index contributed by atoms with van der Waals surface area (Å²) in [4.78, 5) is 29.9. The SMILES string of the molecule is Cc1nc(Cn2nc3n(c2=O)CCC(NC(=O)c2c(C)nn(C)c2C)CC3)cs1. The molecule has 0 saturated heterocycles. The van der Waals surface area contributed by atoms with E-state index in [0.717, 1.165) is 34.3 Å². The van der Waals surface area contributed by atoms with Crippen LogP contribution in [0.25, 0.3) is 0 Å². The van der Waals surface area contributed by atoms with Crippen LogP contribution in [0.15, 0.2) is 10.2 Å². The highest BCUT2D eigenvalue weighted by molar-refractivity contribution is 7.09.